The van der Waals surface area contributed by atoms with Crippen LogP contribution in [0.1, 0.15) is 13.3 Å². The van der Waals surface area contributed by atoms with E-state index in [1.54, 1.807) is 0 Å². The molecule has 3 amide bonds. The first-order chi connectivity index (χ1) is 6.59. The monoisotopic (exact) mass is 201 g/mol. The highest BCUT2D eigenvalue weighted by Gasteiger charge is 2.23. The highest BCUT2D eigenvalue weighted by atomic mass is 16.5. The van der Waals surface area contributed by atoms with Crippen molar-refractivity contribution >= 4 is 11.9 Å². The molecule has 1 saturated heterocycles. The maximum Gasteiger partial charge on any atom is 0.318 e. The van der Waals surface area contributed by atoms with E-state index in [1.807, 2.05) is 12.2 Å². The van der Waals surface area contributed by atoms with Crippen molar-refractivity contribution in [2.75, 3.05) is 13.2 Å². The summed E-state index contributed by atoms with van der Waals surface area (Å²) in [6, 6.07) is -0.652. The van der Waals surface area contributed by atoms with E-state index in [9.17, 15) is 9.59 Å². The summed E-state index contributed by atoms with van der Waals surface area (Å²) >= 11 is 0. The summed E-state index contributed by atoms with van der Waals surface area (Å²) < 4.78 is 5.29. The van der Waals surface area contributed by atoms with Crippen molar-refractivity contribution in [3.05, 3.63) is 0 Å². The summed E-state index contributed by atoms with van der Waals surface area (Å²) in [6.45, 7) is 2.73. The van der Waals surface area contributed by atoms with Gasteiger partial charge in [-0.2, -0.15) is 0 Å². The Morgan fingerprint density at radius 1 is 1.57 bits per heavy atom. The number of amides is 3. The lowest BCUT2D eigenvalue weighted by Crippen LogP contribution is -2.45. The van der Waals surface area contributed by atoms with Gasteiger partial charge in [-0.25, -0.2) is 4.79 Å². The molecular formula is C8H15N3O3. The smallest absolute Gasteiger partial charge is 0.318 e. The molecule has 0 spiro atoms. The molecule has 0 aromatic rings. The first kappa shape index (κ1) is 10.9. The van der Waals surface area contributed by atoms with Crippen molar-refractivity contribution in [2.45, 2.75) is 25.5 Å². The van der Waals surface area contributed by atoms with Crippen molar-refractivity contribution in [1.29, 1.82) is 0 Å². The molecule has 6 heteroatoms. The number of primary amides is 1. The van der Waals surface area contributed by atoms with E-state index in [1.165, 1.54) is 0 Å². The van der Waals surface area contributed by atoms with Crippen LogP contribution in [0.2, 0.25) is 0 Å². The summed E-state index contributed by atoms with van der Waals surface area (Å²) in [7, 11) is 0. The Hall–Kier alpha value is -1.14. The van der Waals surface area contributed by atoms with E-state index in [2.05, 4.69) is 5.32 Å². The molecule has 0 bridgehead atoms. The number of carbonyl (C=O) groups excluding carboxylic acids is 2. The minimum atomic E-state index is -0.826. The molecule has 1 rings (SSSR count). The average molecular weight is 201 g/mol. The second kappa shape index (κ2) is 4.92. The van der Waals surface area contributed by atoms with Crippen LogP contribution in [0.4, 0.5) is 4.79 Å². The van der Waals surface area contributed by atoms with Gasteiger partial charge in [-0.05, 0) is 13.3 Å². The van der Waals surface area contributed by atoms with Crippen LogP contribution in [-0.4, -0.2) is 37.2 Å². The Kier molecular flexibility index (Phi) is 3.84. The van der Waals surface area contributed by atoms with Gasteiger partial charge in [-0.3, -0.25) is 10.1 Å². The Balaban J connectivity index is 2.19. The van der Waals surface area contributed by atoms with Crippen LogP contribution in [-0.2, 0) is 9.53 Å². The molecule has 0 aromatic heterocycles. The van der Waals surface area contributed by atoms with Gasteiger partial charge in [-0.1, -0.05) is 0 Å². The molecule has 1 heterocycles. The lowest BCUT2D eigenvalue weighted by atomic mass is 10.1. The minimum Gasteiger partial charge on any atom is -0.377 e. The van der Waals surface area contributed by atoms with Gasteiger partial charge in [0.05, 0.1) is 12.6 Å². The zero-order chi connectivity index (χ0) is 10.6. The molecule has 0 saturated carbocycles. The number of nitrogens with one attached hydrogen (secondary N) is 2. The number of urea groups is 1. The first-order valence-corrected chi connectivity index (χ1v) is 4.54. The van der Waals surface area contributed by atoms with Crippen molar-refractivity contribution < 1.29 is 14.3 Å². The van der Waals surface area contributed by atoms with Gasteiger partial charge in [0.1, 0.15) is 0 Å². The lowest BCUT2D eigenvalue weighted by Gasteiger charge is -2.14. The second-order valence-electron chi connectivity index (χ2n) is 3.26. The van der Waals surface area contributed by atoms with E-state index in [0.29, 0.717) is 6.61 Å². The van der Waals surface area contributed by atoms with Gasteiger partial charge in [0, 0.05) is 12.6 Å². The van der Waals surface area contributed by atoms with Gasteiger partial charge in [0.25, 0.3) is 0 Å². The highest BCUT2D eigenvalue weighted by molar-refractivity contribution is 5.94. The molecule has 1 fully saturated rings. The van der Waals surface area contributed by atoms with Crippen molar-refractivity contribution in [1.82, 2.24) is 10.6 Å². The third-order valence-electron chi connectivity index (χ3n) is 2.16. The molecular weight excluding hydrogens is 186 g/mol. The van der Waals surface area contributed by atoms with Gasteiger partial charge in [0.2, 0.25) is 5.91 Å². The molecule has 2 unspecified atom stereocenters. The average Bonchev–Trinajstić information content (AvgIpc) is 2.46. The Labute approximate surface area is 82.2 Å². The van der Waals surface area contributed by atoms with E-state index in [-0.39, 0.29) is 18.7 Å². The minimum absolute atomic E-state index is 0.0846. The van der Waals surface area contributed by atoms with E-state index < -0.39 is 11.9 Å². The third-order valence-corrected chi connectivity index (χ3v) is 2.16. The molecule has 0 aliphatic carbocycles. The second-order valence-corrected chi connectivity index (χ2v) is 3.26. The standard InChI is InChI=1S/C8H15N3O3/c1-5-6(2-3-14-5)10-4-7(12)11-8(9)13/h5-6,10H,2-4H2,1H3,(H3,9,11,12,13). The Bertz CT molecular complexity index is 232. The maximum atomic E-state index is 11.0. The van der Waals surface area contributed by atoms with Crippen LogP contribution in [0.3, 0.4) is 0 Å². The molecule has 1 aliphatic rings. The molecule has 14 heavy (non-hydrogen) atoms. The van der Waals surface area contributed by atoms with Gasteiger partial charge in [-0.15, -0.1) is 0 Å². The third kappa shape index (κ3) is 3.31. The van der Waals surface area contributed by atoms with E-state index in [0.717, 1.165) is 6.42 Å². The van der Waals surface area contributed by atoms with Crippen molar-refractivity contribution in [3.8, 4) is 0 Å². The molecule has 0 aromatic carbocycles. The summed E-state index contributed by atoms with van der Waals surface area (Å²) in [6.07, 6.45) is 0.988. The van der Waals surface area contributed by atoms with Crippen LogP contribution in [0.25, 0.3) is 0 Å². The maximum absolute atomic E-state index is 11.0. The zero-order valence-electron chi connectivity index (χ0n) is 8.08. The molecule has 1 aliphatic heterocycles. The summed E-state index contributed by atoms with van der Waals surface area (Å²) in [5.74, 6) is -0.420. The fourth-order valence-electron chi connectivity index (χ4n) is 1.41. The normalized spacial score (nSPS) is 26.1. The summed E-state index contributed by atoms with van der Waals surface area (Å²) in [5, 5.41) is 4.97. The Morgan fingerprint density at radius 2 is 2.29 bits per heavy atom. The topological polar surface area (TPSA) is 93.4 Å². The number of hydrogen-bond donors (Lipinski definition) is 3. The zero-order valence-corrected chi connectivity index (χ0v) is 8.08. The van der Waals surface area contributed by atoms with Crippen LogP contribution in [0.15, 0.2) is 0 Å². The fraction of sp³-hybridized carbons (Fsp3) is 0.750. The lowest BCUT2D eigenvalue weighted by molar-refractivity contribution is -0.119. The van der Waals surface area contributed by atoms with Crippen molar-refractivity contribution in [2.24, 2.45) is 5.73 Å². The van der Waals surface area contributed by atoms with Crippen LogP contribution in [0.5, 0.6) is 0 Å². The molecule has 2 atom stereocenters. The van der Waals surface area contributed by atoms with E-state index in [4.69, 9.17) is 10.5 Å². The molecule has 4 N–H and O–H groups in total. The molecule has 0 radical (unpaired) electrons. The SMILES string of the molecule is CC1OCCC1NCC(=O)NC(N)=O. The number of nitrogens with two attached hydrogens (primary N) is 1. The predicted molar refractivity (Wildman–Crippen MR) is 49.5 cm³/mol. The van der Waals surface area contributed by atoms with E-state index >= 15 is 0 Å². The van der Waals surface area contributed by atoms with Crippen molar-refractivity contribution in [3.63, 3.8) is 0 Å². The number of rotatable bonds is 3. The largest absolute Gasteiger partial charge is 0.377 e. The fourth-order valence-corrected chi connectivity index (χ4v) is 1.41. The van der Waals surface area contributed by atoms with Gasteiger partial charge >= 0.3 is 6.03 Å². The number of imide groups is 1. The van der Waals surface area contributed by atoms with Crippen LogP contribution >= 0.6 is 0 Å². The molecule has 6 nitrogen and oxygen atoms in total. The number of hydrogen-bond acceptors (Lipinski definition) is 4. The van der Waals surface area contributed by atoms with Crippen LogP contribution in [0, 0.1) is 0 Å². The first-order valence-electron chi connectivity index (χ1n) is 4.54. The van der Waals surface area contributed by atoms with Gasteiger partial charge in [0.15, 0.2) is 0 Å². The molecule has 80 valence electrons. The highest BCUT2D eigenvalue weighted by Crippen LogP contribution is 2.11. The Morgan fingerprint density at radius 3 is 2.79 bits per heavy atom. The summed E-state index contributed by atoms with van der Waals surface area (Å²) in [4.78, 5) is 21.3. The predicted octanol–water partition coefficient (Wildman–Crippen LogP) is -1.05. The number of carbonyl (C=O) groups is 2. The summed E-state index contributed by atoms with van der Waals surface area (Å²) in [5.41, 5.74) is 4.78. The van der Waals surface area contributed by atoms with Gasteiger partial charge < -0.3 is 15.8 Å². The number of ether oxygens (including phenoxy) is 1. The van der Waals surface area contributed by atoms with Crippen LogP contribution < -0.4 is 16.4 Å². The quantitative estimate of drug-likeness (QED) is 0.543.